The average Bonchev–Trinajstić information content (AvgIpc) is 2.99. The summed E-state index contributed by atoms with van der Waals surface area (Å²) in [7, 11) is 0. The van der Waals surface area contributed by atoms with E-state index in [1.54, 1.807) is 5.57 Å². The van der Waals surface area contributed by atoms with Gasteiger partial charge in [-0.1, -0.05) is 52.7 Å². The Morgan fingerprint density at radius 1 is 0.969 bits per heavy atom. The van der Waals surface area contributed by atoms with Crippen LogP contribution in [-0.2, 0) is 0 Å². The first-order valence-electron chi connectivity index (χ1n) is 13.8. The molecule has 8 unspecified atom stereocenters. The third kappa shape index (κ3) is 4.21. The quantitative estimate of drug-likeness (QED) is 0.364. The van der Waals surface area contributed by atoms with Crippen molar-refractivity contribution in [1.82, 2.24) is 0 Å². The van der Waals surface area contributed by atoms with E-state index in [0.29, 0.717) is 22.7 Å². The van der Waals surface area contributed by atoms with Crippen LogP contribution in [0.25, 0.3) is 0 Å². The van der Waals surface area contributed by atoms with Crippen molar-refractivity contribution in [2.24, 2.45) is 52.3 Å². The zero-order valence-electron chi connectivity index (χ0n) is 21.2. The summed E-state index contributed by atoms with van der Waals surface area (Å²) in [6.45, 7) is 11.1. The fourth-order valence-corrected chi connectivity index (χ4v) is 9.16. The Morgan fingerprint density at radius 3 is 2.41 bits per heavy atom. The molecule has 9 atom stereocenters. The standard InChI is InChI=1S/C29H47F3/c1-6-21-9-10-22-11-12-23-25-14-13-24(19(2)7-8-20(3)29(30,31)32)28(25,5)18-16-26(23)27(22,4)17-15-21/h11,19-21,23-26H,6-10,12-18H2,1-5H3/t19-,20?,21?,23?,24?,25?,26?,27?,28?/m1/s1. The fraction of sp³-hybridized carbons (Fsp3) is 0.931. The van der Waals surface area contributed by atoms with Crippen molar-refractivity contribution in [3.05, 3.63) is 11.6 Å². The van der Waals surface area contributed by atoms with Crippen LogP contribution in [0.1, 0.15) is 112 Å². The Labute approximate surface area is 195 Å². The highest BCUT2D eigenvalue weighted by Gasteiger charge is 2.58. The molecule has 0 heterocycles. The predicted molar refractivity (Wildman–Crippen MR) is 127 cm³/mol. The summed E-state index contributed by atoms with van der Waals surface area (Å²) in [5.74, 6) is 3.14. The van der Waals surface area contributed by atoms with E-state index >= 15 is 0 Å². The van der Waals surface area contributed by atoms with E-state index in [9.17, 15) is 13.2 Å². The summed E-state index contributed by atoms with van der Waals surface area (Å²) >= 11 is 0. The molecular formula is C29H47F3. The molecule has 4 rings (SSSR count). The minimum absolute atomic E-state index is 0.288. The first-order chi connectivity index (χ1) is 15.0. The summed E-state index contributed by atoms with van der Waals surface area (Å²) in [6, 6.07) is 0. The van der Waals surface area contributed by atoms with E-state index in [1.807, 2.05) is 0 Å². The molecular weight excluding hydrogens is 405 g/mol. The van der Waals surface area contributed by atoms with Crippen LogP contribution in [0.2, 0.25) is 0 Å². The normalized spacial score (nSPS) is 44.0. The molecule has 184 valence electrons. The molecule has 3 heteroatoms. The van der Waals surface area contributed by atoms with Gasteiger partial charge < -0.3 is 0 Å². The highest BCUT2D eigenvalue weighted by Crippen LogP contribution is 2.67. The van der Waals surface area contributed by atoms with Crippen LogP contribution >= 0.6 is 0 Å². The van der Waals surface area contributed by atoms with Gasteiger partial charge in [-0.15, -0.1) is 0 Å². The highest BCUT2D eigenvalue weighted by molar-refractivity contribution is 5.24. The van der Waals surface area contributed by atoms with E-state index in [0.717, 1.165) is 30.1 Å². The summed E-state index contributed by atoms with van der Waals surface area (Å²) in [6.07, 6.45) is 12.8. The van der Waals surface area contributed by atoms with Crippen LogP contribution in [0.5, 0.6) is 0 Å². The van der Waals surface area contributed by atoms with Crippen molar-refractivity contribution in [1.29, 1.82) is 0 Å². The molecule has 0 radical (unpaired) electrons. The molecule has 0 N–H and O–H groups in total. The zero-order chi connectivity index (χ0) is 23.3. The van der Waals surface area contributed by atoms with Crippen LogP contribution in [0.4, 0.5) is 13.2 Å². The summed E-state index contributed by atoms with van der Waals surface area (Å²) < 4.78 is 39.1. The van der Waals surface area contributed by atoms with Gasteiger partial charge in [0.15, 0.2) is 0 Å². The molecule has 0 spiro atoms. The molecule has 4 aliphatic carbocycles. The molecule has 0 bridgehead atoms. The van der Waals surface area contributed by atoms with E-state index in [1.165, 1.54) is 71.1 Å². The van der Waals surface area contributed by atoms with E-state index < -0.39 is 12.1 Å². The van der Waals surface area contributed by atoms with E-state index in [-0.39, 0.29) is 6.42 Å². The molecule has 0 aromatic rings. The van der Waals surface area contributed by atoms with Gasteiger partial charge in [0.2, 0.25) is 0 Å². The molecule has 4 aliphatic rings. The molecule has 32 heavy (non-hydrogen) atoms. The van der Waals surface area contributed by atoms with Gasteiger partial charge in [-0.25, -0.2) is 0 Å². The Bertz CT molecular complexity index is 693. The number of fused-ring (bicyclic) bond motifs is 5. The van der Waals surface area contributed by atoms with Crippen LogP contribution in [0.15, 0.2) is 11.6 Å². The summed E-state index contributed by atoms with van der Waals surface area (Å²) in [4.78, 5) is 0. The SMILES string of the molecule is CCC1CCC2=CCC3C(CCC4(C)C3CCC4[C@H](C)CCC(C)C(F)(F)F)C2(C)CC1. The number of alkyl halides is 3. The van der Waals surface area contributed by atoms with Crippen molar-refractivity contribution >= 4 is 0 Å². The van der Waals surface area contributed by atoms with Gasteiger partial charge in [-0.3, -0.25) is 0 Å². The lowest BCUT2D eigenvalue weighted by Crippen LogP contribution is -2.49. The molecule has 3 saturated carbocycles. The minimum atomic E-state index is -4.04. The van der Waals surface area contributed by atoms with Gasteiger partial charge in [0.25, 0.3) is 0 Å². The first-order valence-corrected chi connectivity index (χ1v) is 13.8. The Balaban J connectivity index is 1.47. The van der Waals surface area contributed by atoms with E-state index in [2.05, 4.69) is 33.8 Å². The number of halogens is 3. The van der Waals surface area contributed by atoms with E-state index in [4.69, 9.17) is 0 Å². The van der Waals surface area contributed by atoms with Crippen LogP contribution in [-0.4, -0.2) is 6.18 Å². The monoisotopic (exact) mass is 452 g/mol. The summed E-state index contributed by atoms with van der Waals surface area (Å²) in [5, 5.41) is 0. The number of rotatable bonds is 5. The van der Waals surface area contributed by atoms with Gasteiger partial charge in [-0.2, -0.15) is 13.2 Å². The lowest BCUT2D eigenvalue weighted by molar-refractivity contribution is -0.172. The number of hydrogen-bond donors (Lipinski definition) is 0. The molecule has 0 saturated heterocycles. The lowest BCUT2D eigenvalue weighted by atomic mass is 9.48. The van der Waals surface area contributed by atoms with Crippen molar-refractivity contribution < 1.29 is 13.2 Å². The number of hydrogen-bond acceptors (Lipinski definition) is 0. The molecule has 0 aromatic carbocycles. The second-order valence-corrected chi connectivity index (χ2v) is 12.8. The van der Waals surface area contributed by atoms with Gasteiger partial charge in [0, 0.05) is 0 Å². The maximum atomic E-state index is 13.0. The van der Waals surface area contributed by atoms with Crippen molar-refractivity contribution in [2.75, 3.05) is 0 Å². The molecule has 0 aliphatic heterocycles. The lowest BCUT2D eigenvalue weighted by Gasteiger charge is -2.57. The zero-order valence-corrected chi connectivity index (χ0v) is 21.2. The maximum Gasteiger partial charge on any atom is 0.391 e. The van der Waals surface area contributed by atoms with Crippen LogP contribution in [0.3, 0.4) is 0 Å². The molecule has 0 aromatic heterocycles. The number of allylic oxidation sites excluding steroid dienone is 2. The van der Waals surface area contributed by atoms with Gasteiger partial charge in [0.1, 0.15) is 0 Å². The Morgan fingerprint density at radius 2 is 1.72 bits per heavy atom. The average molecular weight is 453 g/mol. The summed E-state index contributed by atoms with van der Waals surface area (Å²) in [5.41, 5.74) is 2.52. The second-order valence-electron chi connectivity index (χ2n) is 12.8. The Hall–Kier alpha value is -0.470. The minimum Gasteiger partial charge on any atom is -0.171 e. The van der Waals surface area contributed by atoms with Gasteiger partial charge >= 0.3 is 6.18 Å². The molecule has 3 fully saturated rings. The third-order valence-corrected chi connectivity index (χ3v) is 11.5. The highest BCUT2D eigenvalue weighted by atomic mass is 19.4. The van der Waals surface area contributed by atoms with Gasteiger partial charge in [-0.05, 0) is 117 Å². The maximum absolute atomic E-state index is 13.0. The second kappa shape index (κ2) is 8.95. The van der Waals surface area contributed by atoms with Crippen molar-refractivity contribution in [2.45, 2.75) is 118 Å². The molecule has 0 nitrogen and oxygen atoms in total. The topological polar surface area (TPSA) is 0 Å². The van der Waals surface area contributed by atoms with Crippen molar-refractivity contribution in [3.8, 4) is 0 Å². The van der Waals surface area contributed by atoms with Crippen LogP contribution < -0.4 is 0 Å². The smallest absolute Gasteiger partial charge is 0.171 e. The third-order valence-electron chi connectivity index (χ3n) is 11.5. The van der Waals surface area contributed by atoms with Crippen LogP contribution in [0, 0.1) is 52.3 Å². The largest absolute Gasteiger partial charge is 0.391 e. The predicted octanol–water partition coefficient (Wildman–Crippen LogP) is 9.60. The van der Waals surface area contributed by atoms with Gasteiger partial charge in [0.05, 0.1) is 5.92 Å². The Kier molecular flexibility index (Phi) is 6.90. The van der Waals surface area contributed by atoms with Crippen molar-refractivity contribution in [3.63, 3.8) is 0 Å². The first kappa shape index (κ1) is 24.6. The fourth-order valence-electron chi connectivity index (χ4n) is 9.16. The molecule has 0 amide bonds.